The van der Waals surface area contributed by atoms with Crippen molar-refractivity contribution in [2.45, 2.75) is 19.4 Å². The van der Waals surface area contributed by atoms with E-state index in [4.69, 9.17) is 4.74 Å². The molecule has 1 aromatic heterocycles. The summed E-state index contributed by atoms with van der Waals surface area (Å²) in [4.78, 5) is 9.63. The SMILES string of the molecule is CC1COCCCN1c1ncc[nH]1. The van der Waals surface area contributed by atoms with Crippen LogP contribution in [0.1, 0.15) is 13.3 Å². The van der Waals surface area contributed by atoms with Crippen molar-refractivity contribution >= 4 is 5.95 Å². The molecule has 4 heteroatoms. The van der Waals surface area contributed by atoms with Crippen LogP contribution in [0.25, 0.3) is 0 Å². The standard InChI is InChI=1S/C9H15N3O/c1-8-7-13-6-2-5-12(8)9-10-3-4-11-9/h3-4,8H,2,5-7H2,1H3,(H,10,11). The van der Waals surface area contributed by atoms with Gasteiger partial charge < -0.3 is 14.6 Å². The van der Waals surface area contributed by atoms with Crippen molar-refractivity contribution in [3.8, 4) is 0 Å². The molecule has 0 aromatic carbocycles. The van der Waals surface area contributed by atoms with E-state index in [0.29, 0.717) is 6.04 Å². The number of hydrogen-bond donors (Lipinski definition) is 1. The lowest BCUT2D eigenvalue weighted by Gasteiger charge is -2.25. The molecule has 4 nitrogen and oxygen atoms in total. The number of nitrogens with one attached hydrogen (secondary N) is 1. The molecule has 0 radical (unpaired) electrons. The molecule has 1 fully saturated rings. The van der Waals surface area contributed by atoms with Crippen LogP contribution in [0.2, 0.25) is 0 Å². The highest BCUT2D eigenvalue weighted by atomic mass is 16.5. The maximum atomic E-state index is 5.45. The molecule has 1 aromatic rings. The van der Waals surface area contributed by atoms with E-state index >= 15 is 0 Å². The molecule has 1 saturated heterocycles. The molecule has 0 aliphatic carbocycles. The summed E-state index contributed by atoms with van der Waals surface area (Å²) in [6, 6.07) is 0.411. The number of anilines is 1. The van der Waals surface area contributed by atoms with Crippen LogP contribution in [0.3, 0.4) is 0 Å². The minimum atomic E-state index is 0.411. The molecule has 0 amide bonds. The Hall–Kier alpha value is -1.03. The highest BCUT2D eigenvalue weighted by Gasteiger charge is 2.18. The molecule has 1 aliphatic heterocycles. The quantitative estimate of drug-likeness (QED) is 0.703. The molecular weight excluding hydrogens is 166 g/mol. The van der Waals surface area contributed by atoms with Gasteiger partial charge in [-0.25, -0.2) is 4.98 Å². The topological polar surface area (TPSA) is 41.1 Å². The van der Waals surface area contributed by atoms with Gasteiger partial charge in [-0.05, 0) is 13.3 Å². The molecule has 72 valence electrons. The van der Waals surface area contributed by atoms with Gasteiger partial charge in [-0.15, -0.1) is 0 Å². The Bertz CT molecular complexity index is 247. The minimum Gasteiger partial charge on any atom is -0.379 e. The minimum absolute atomic E-state index is 0.411. The van der Waals surface area contributed by atoms with E-state index in [1.807, 2.05) is 6.20 Å². The maximum absolute atomic E-state index is 5.45. The average Bonchev–Trinajstić information content (AvgIpc) is 2.56. The number of aromatic nitrogens is 2. The van der Waals surface area contributed by atoms with Crippen molar-refractivity contribution < 1.29 is 4.74 Å². The molecule has 0 bridgehead atoms. The van der Waals surface area contributed by atoms with Gasteiger partial charge in [-0.1, -0.05) is 0 Å². The summed E-state index contributed by atoms with van der Waals surface area (Å²) >= 11 is 0. The Labute approximate surface area is 77.9 Å². The van der Waals surface area contributed by atoms with Gasteiger partial charge in [-0.2, -0.15) is 0 Å². The predicted molar refractivity (Wildman–Crippen MR) is 50.8 cm³/mol. The third-order valence-electron chi connectivity index (χ3n) is 2.33. The number of imidazole rings is 1. The smallest absolute Gasteiger partial charge is 0.203 e. The third-order valence-corrected chi connectivity index (χ3v) is 2.33. The van der Waals surface area contributed by atoms with E-state index in [1.165, 1.54) is 0 Å². The van der Waals surface area contributed by atoms with Crippen molar-refractivity contribution in [1.29, 1.82) is 0 Å². The van der Waals surface area contributed by atoms with Crippen LogP contribution >= 0.6 is 0 Å². The van der Waals surface area contributed by atoms with Crippen molar-refractivity contribution in [1.82, 2.24) is 9.97 Å². The number of nitrogens with zero attached hydrogens (tertiary/aromatic N) is 2. The van der Waals surface area contributed by atoms with Gasteiger partial charge in [0.1, 0.15) is 0 Å². The second-order valence-electron chi connectivity index (χ2n) is 3.38. The van der Waals surface area contributed by atoms with Crippen molar-refractivity contribution in [3.63, 3.8) is 0 Å². The van der Waals surface area contributed by atoms with E-state index in [-0.39, 0.29) is 0 Å². The fraction of sp³-hybridized carbons (Fsp3) is 0.667. The van der Waals surface area contributed by atoms with Crippen LogP contribution in [-0.4, -0.2) is 35.8 Å². The van der Waals surface area contributed by atoms with Crippen molar-refractivity contribution in [3.05, 3.63) is 12.4 Å². The molecule has 1 aliphatic rings. The summed E-state index contributed by atoms with van der Waals surface area (Å²) in [5.41, 5.74) is 0. The summed E-state index contributed by atoms with van der Waals surface area (Å²) in [5, 5.41) is 0. The molecule has 2 heterocycles. The molecule has 13 heavy (non-hydrogen) atoms. The van der Waals surface area contributed by atoms with Crippen LogP contribution in [0.5, 0.6) is 0 Å². The van der Waals surface area contributed by atoms with E-state index in [1.54, 1.807) is 6.20 Å². The summed E-state index contributed by atoms with van der Waals surface area (Å²) < 4.78 is 5.45. The van der Waals surface area contributed by atoms with E-state index in [0.717, 1.165) is 32.1 Å². The van der Waals surface area contributed by atoms with Gasteiger partial charge >= 0.3 is 0 Å². The van der Waals surface area contributed by atoms with Gasteiger partial charge in [-0.3, -0.25) is 0 Å². The lowest BCUT2D eigenvalue weighted by Crippen LogP contribution is -2.35. The second kappa shape index (κ2) is 3.79. The number of aromatic amines is 1. The van der Waals surface area contributed by atoms with Crippen LogP contribution in [0.4, 0.5) is 5.95 Å². The first-order valence-corrected chi connectivity index (χ1v) is 4.71. The Balaban J connectivity index is 2.11. The maximum Gasteiger partial charge on any atom is 0.203 e. The van der Waals surface area contributed by atoms with Gasteiger partial charge in [0, 0.05) is 25.5 Å². The van der Waals surface area contributed by atoms with Gasteiger partial charge in [0.2, 0.25) is 5.95 Å². The number of rotatable bonds is 1. The fourth-order valence-corrected chi connectivity index (χ4v) is 1.63. The molecule has 0 spiro atoms. The Morgan fingerprint density at radius 2 is 2.62 bits per heavy atom. The van der Waals surface area contributed by atoms with Crippen molar-refractivity contribution in [2.24, 2.45) is 0 Å². The average molecular weight is 181 g/mol. The molecule has 0 saturated carbocycles. The first-order chi connectivity index (χ1) is 6.38. The van der Waals surface area contributed by atoms with Crippen LogP contribution < -0.4 is 4.90 Å². The van der Waals surface area contributed by atoms with Crippen LogP contribution in [-0.2, 0) is 4.74 Å². The lowest BCUT2D eigenvalue weighted by molar-refractivity contribution is 0.137. The number of hydrogen-bond acceptors (Lipinski definition) is 3. The van der Waals surface area contributed by atoms with Gasteiger partial charge in [0.25, 0.3) is 0 Å². The fourth-order valence-electron chi connectivity index (χ4n) is 1.63. The molecule has 1 unspecified atom stereocenters. The summed E-state index contributed by atoms with van der Waals surface area (Å²) in [6.45, 7) is 4.84. The summed E-state index contributed by atoms with van der Waals surface area (Å²) in [6.07, 6.45) is 4.71. The monoisotopic (exact) mass is 181 g/mol. The zero-order valence-electron chi connectivity index (χ0n) is 7.86. The Morgan fingerprint density at radius 3 is 3.38 bits per heavy atom. The van der Waals surface area contributed by atoms with Crippen LogP contribution in [0.15, 0.2) is 12.4 Å². The number of ether oxygens (including phenoxy) is 1. The Morgan fingerprint density at radius 1 is 1.69 bits per heavy atom. The highest BCUT2D eigenvalue weighted by Crippen LogP contribution is 2.13. The zero-order valence-corrected chi connectivity index (χ0v) is 7.86. The molecule has 1 atom stereocenters. The normalized spacial score (nSPS) is 24.4. The zero-order chi connectivity index (χ0) is 9.10. The third kappa shape index (κ3) is 1.83. The molecular formula is C9H15N3O. The largest absolute Gasteiger partial charge is 0.379 e. The van der Waals surface area contributed by atoms with Gasteiger partial charge in [0.15, 0.2) is 0 Å². The first-order valence-electron chi connectivity index (χ1n) is 4.71. The number of H-pyrrole nitrogens is 1. The molecule has 2 rings (SSSR count). The second-order valence-corrected chi connectivity index (χ2v) is 3.38. The van der Waals surface area contributed by atoms with E-state index in [2.05, 4.69) is 21.8 Å². The summed E-state index contributed by atoms with van der Waals surface area (Å²) in [5.74, 6) is 0.956. The molecule has 1 N–H and O–H groups in total. The predicted octanol–water partition coefficient (Wildman–Crippen LogP) is 1.02. The first kappa shape index (κ1) is 8.56. The van der Waals surface area contributed by atoms with Crippen LogP contribution in [0, 0.1) is 0 Å². The Kier molecular flexibility index (Phi) is 2.49. The van der Waals surface area contributed by atoms with E-state index < -0.39 is 0 Å². The highest BCUT2D eigenvalue weighted by molar-refractivity contribution is 5.30. The van der Waals surface area contributed by atoms with E-state index in [9.17, 15) is 0 Å². The lowest BCUT2D eigenvalue weighted by atomic mass is 10.3. The van der Waals surface area contributed by atoms with Gasteiger partial charge in [0.05, 0.1) is 12.6 Å². The van der Waals surface area contributed by atoms with Crippen molar-refractivity contribution in [2.75, 3.05) is 24.7 Å². The summed E-state index contributed by atoms with van der Waals surface area (Å²) in [7, 11) is 0.